The summed E-state index contributed by atoms with van der Waals surface area (Å²) in [7, 11) is 0. The molecule has 0 aromatic rings. The first-order valence-electron chi connectivity index (χ1n) is 7.09. The molecular formula is C14H24N2O2. The van der Waals surface area contributed by atoms with Crippen LogP contribution in [-0.2, 0) is 9.59 Å². The molecule has 0 spiro atoms. The van der Waals surface area contributed by atoms with Gasteiger partial charge in [0, 0.05) is 18.5 Å². The van der Waals surface area contributed by atoms with Gasteiger partial charge in [-0.2, -0.15) is 0 Å². The van der Waals surface area contributed by atoms with Crippen LogP contribution in [0.5, 0.6) is 0 Å². The van der Waals surface area contributed by atoms with Crippen molar-refractivity contribution in [1.29, 1.82) is 0 Å². The average Bonchev–Trinajstić information content (AvgIpc) is 2.91. The summed E-state index contributed by atoms with van der Waals surface area (Å²) in [5.41, 5.74) is 0. The van der Waals surface area contributed by atoms with E-state index in [4.69, 9.17) is 0 Å². The standard InChI is InChI=1S/C14H24N2O2/c1-4-16(8-13(17)15-9(2)3)14(18)12-6-10-5-11(10)7-12/h9-12H,4-8H2,1-3H3,(H,15,17). The first-order chi connectivity index (χ1) is 8.51. The summed E-state index contributed by atoms with van der Waals surface area (Å²) in [4.78, 5) is 25.7. The number of nitrogens with one attached hydrogen (secondary N) is 1. The van der Waals surface area contributed by atoms with Gasteiger partial charge in [-0.15, -0.1) is 0 Å². The highest BCUT2D eigenvalue weighted by atomic mass is 16.2. The lowest BCUT2D eigenvalue weighted by Gasteiger charge is -2.24. The minimum Gasteiger partial charge on any atom is -0.352 e. The smallest absolute Gasteiger partial charge is 0.239 e. The van der Waals surface area contributed by atoms with Crippen LogP contribution in [0.2, 0.25) is 0 Å². The fraction of sp³-hybridized carbons (Fsp3) is 0.857. The van der Waals surface area contributed by atoms with Gasteiger partial charge in [-0.3, -0.25) is 9.59 Å². The van der Waals surface area contributed by atoms with Crippen LogP contribution in [-0.4, -0.2) is 35.8 Å². The van der Waals surface area contributed by atoms with Crippen molar-refractivity contribution in [3.8, 4) is 0 Å². The molecule has 0 radical (unpaired) electrons. The van der Waals surface area contributed by atoms with E-state index in [9.17, 15) is 9.59 Å². The maximum absolute atomic E-state index is 12.3. The molecule has 102 valence electrons. The SMILES string of the molecule is CCN(CC(=O)NC(C)C)C(=O)C1CC2CC2C1. The van der Waals surface area contributed by atoms with Gasteiger partial charge in [0.1, 0.15) is 0 Å². The van der Waals surface area contributed by atoms with Gasteiger partial charge in [-0.1, -0.05) is 0 Å². The van der Waals surface area contributed by atoms with E-state index >= 15 is 0 Å². The highest BCUT2D eigenvalue weighted by molar-refractivity contribution is 5.86. The molecule has 2 rings (SSSR count). The predicted octanol–water partition coefficient (Wildman–Crippen LogP) is 1.41. The number of amides is 2. The number of carbonyl (C=O) groups is 2. The molecule has 2 amide bonds. The molecule has 2 saturated carbocycles. The van der Waals surface area contributed by atoms with Gasteiger partial charge in [0.15, 0.2) is 0 Å². The summed E-state index contributed by atoms with van der Waals surface area (Å²) in [6.07, 6.45) is 3.42. The van der Waals surface area contributed by atoms with Crippen molar-refractivity contribution in [2.75, 3.05) is 13.1 Å². The number of nitrogens with zero attached hydrogens (tertiary/aromatic N) is 1. The molecule has 2 fully saturated rings. The van der Waals surface area contributed by atoms with Gasteiger partial charge in [0.2, 0.25) is 11.8 Å². The van der Waals surface area contributed by atoms with Crippen LogP contribution in [0.25, 0.3) is 0 Å². The number of rotatable bonds is 5. The summed E-state index contributed by atoms with van der Waals surface area (Å²) >= 11 is 0. The third-order valence-corrected chi connectivity index (χ3v) is 4.07. The monoisotopic (exact) mass is 252 g/mol. The van der Waals surface area contributed by atoms with Crippen molar-refractivity contribution in [1.82, 2.24) is 10.2 Å². The molecule has 2 aliphatic rings. The van der Waals surface area contributed by atoms with Crippen LogP contribution in [0, 0.1) is 17.8 Å². The second-order valence-electron chi connectivity index (χ2n) is 6.00. The zero-order valence-electron chi connectivity index (χ0n) is 11.6. The number of hydrogen-bond donors (Lipinski definition) is 1. The van der Waals surface area contributed by atoms with Gasteiger partial charge in [-0.05, 0) is 51.9 Å². The minimum atomic E-state index is -0.0524. The zero-order chi connectivity index (χ0) is 13.3. The van der Waals surface area contributed by atoms with E-state index in [1.54, 1.807) is 4.90 Å². The maximum atomic E-state index is 12.3. The quantitative estimate of drug-likeness (QED) is 0.804. The molecule has 4 nitrogen and oxygen atoms in total. The summed E-state index contributed by atoms with van der Waals surface area (Å²) in [5, 5.41) is 2.84. The van der Waals surface area contributed by atoms with Crippen molar-refractivity contribution in [3.05, 3.63) is 0 Å². The van der Waals surface area contributed by atoms with Gasteiger partial charge < -0.3 is 10.2 Å². The molecule has 0 saturated heterocycles. The molecule has 2 unspecified atom stereocenters. The second kappa shape index (κ2) is 5.29. The second-order valence-corrected chi connectivity index (χ2v) is 6.00. The molecule has 0 heterocycles. The van der Waals surface area contributed by atoms with E-state index in [1.807, 2.05) is 20.8 Å². The summed E-state index contributed by atoms with van der Waals surface area (Å²) in [6.45, 7) is 6.63. The van der Waals surface area contributed by atoms with Crippen LogP contribution in [0.3, 0.4) is 0 Å². The van der Waals surface area contributed by atoms with Crippen molar-refractivity contribution in [2.24, 2.45) is 17.8 Å². The lowest BCUT2D eigenvalue weighted by molar-refractivity contribution is -0.139. The van der Waals surface area contributed by atoms with Gasteiger partial charge in [0.25, 0.3) is 0 Å². The average molecular weight is 252 g/mol. The van der Waals surface area contributed by atoms with Gasteiger partial charge >= 0.3 is 0 Å². The molecule has 0 aliphatic heterocycles. The van der Waals surface area contributed by atoms with Gasteiger partial charge in [-0.25, -0.2) is 0 Å². The largest absolute Gasteiger partial charge is 0.352 e. The van der Waals surface area contributed by atoms with Crippen LogP contribution in [0.4, 0.5) is 0 Å². The Hall–Kier alpha value is -1.06. The Kier molecular flexibility index (Phi) is 3.93. The third-order valence-electron chi connectivity index (χ3n) is 4.07. The highest BCUT2D eigenvalue weighted by Crippen LogP contribution is 2.54. The molecule has 4 heteroatoms. The molecule has 0 aromatic heterocycles. The van der Waals surface area contributed by atoms with E-state index in [0.29, 0.717) is 6.54 Å². The Bertz CT molecular complexity index is 331. The van der Waals surface area contributed by atoms with Gasteiger partial charge in [0.05, 0.1) is 6.54 Å². The fourth-order valence-corrected chi connectivity index (χ4v) is 3.06. The lowest BCUT2D eigenvalue weighted by Crippen LogP contribution is -2.44. The third kappa shape index (κ3) is 3.03. The molecule has 18 heavy (non-hydrogen) atoms. The molecule has 1 N–H and O–H groups in total. The van der Waals surface area contributed by atoms with Crippen LogP contribution < -0.4 is 5.32 Å². The Morgan fingerprint density at radius 3 is 2.33 bits per heavy atom. The summed E-state index contributed by atoms with van der Waals surface area (Å²) in [6, 6.07) is 0.130. The van der Waals surface area contributed by atoms with Crippen LogP contribution in [0.15, 0.2) is 0 Å². The molecule has 0 bridgehead atoms. The van der Waals surface area contributed by atoms with Crippen LogP contribution >= 0.6 is 0 Å². The Labute approximate surface area is 109 Å². The van der Waals surface area contributed by atoms with E-state index in [1.165, 1.54) is 6.42 Å². The molecule has 2 aliphatic carbocycles. The van der Waals surface area contributed by atoms with Crippen molar-refractivity contribution in [3.63, 3.8) is 0 Å². The first-order valence-corrected chi connectivity index (χ1v) is 7.09. The maximum Gasteiger partial charge on any atom is 0.239 e. The highest BCUT2D eigenvalue weighted by Gasteiger charge is 2.48. The fourth-order valence-electron chi connectivity index (χ4n) is 3.06. The number of carbonyl (C=O) groups excluding carboxylic acids is 2. The summed E-state index contributed by atoms with van der Waals surface area (Å²) in [5.74, 6) is 1.93. The normalized spacial score (nSPS) is 29.0. The Balaban J connectivity index is 1.83. The number of fused-ring (bicyclic) bond motifs is 1. The van der Waals surface area contributed by atoms with E-state index in [-0.39, 0.29) is 30.3 Å². The van der Waals surface area contributed by atoms with Crippen molar-refractivity contribution >= 4 is 11.8 Å². The lowest BCUT2D eigenvalue weighted by atomic mass is 10.0. The first kappa shape index (κ1) is 13.4. The Morgan fingerprint density at radius 2 is 1.83 bits per heavy atom. The van der Waals surface area contributed by atoms with E-state index < -0.39 is 0 Å². The molecular weight excluding hydrogens is 228 g/mol. The van der Waals surface area contributed by atoms with Crippen molar-refractivity contribution < 1.29 is 9.59 Å². The van der Waals surface area contributed by atoms with E-state index in [0.717, 1.165) is 24.7 Å². The Morgan fingerprint density at radius 1 is 1.22 bits per heavy atom. The molecule has 0 aromatic carbocycles. The number of hydrogen-bond acceptors (Lipinski definition) is 2. The predicted molar refractivity (Wildman–Crippen MR) is 69.9 cm³/mol. The minimum absolute atomic E-state index is 0.0524. The molecule has 2 atom stereocenters. The zero-order valence-corrected chi connectivity index (χ0v) is 11.6. The number of likely N-dealkylation sites (N-methyl/N-ethyl adjacent to an activating group) is 1. The van der Waals surface area contributed by atoms with Crippen molar-refractivity contribution in [2.45, 2.75) is 46.1 Å². The van der Waals surface area contributed by atoms with Crippen LogP contribution in [0.1, 0.15) is 40.0 Å². The summed E-state index contributed by atoms with van der Waals surface area (Å²) < 4.78 is 0. The van der Waals surface area contributed by atoms with E-state index in [2.05, 4.69) is 5.32 Å². The topological polar surface area (TPSA) is 49.4 Å².